The van der Waals surface area contributed by atoms with Gasteiger partial charge in [-0.2, -0.15) is 4.31 Å². The number of benzene rings is 2. The van der Waals surface area contributed by atoms with Gasteiger partial charge in [0.1, 0.15) is 17.8 Å². The topological polar surface area (TPSA) is 182 Å². The van der Waals surface area contributed by atoms with Gasteiger partial charge in [-0.1, -0.05) is 30.3 Å². The van der Waals surface area contributed by atoms with Crippen molar-refractivity contribution in [2.45, 2.75) is 23.5 Å². The van der Waals surface area contributed by atoms with Gasteiger partial charge in [-0.25, -0.2) is 13.4 Å². The molecular formula is C30H35N5O9S. The van der Waals surface area contributed by atoms with Crippen molar-refractivity contribution in [3.8, 4) is 5.75 Å². The fraction of sp³-hybridized carbons (Fsp3) is 0.333. The van der Waals surface area contributed by atoms with E-state index in [0.717, 1.165) is 16.1 Å². The van der Waals surface area contributed by atoms with E-state index in [2.05, 4.69) is 15.6 Å². The summed E-state index contributed by atoms with van der Waals surface area (Å²) in [7, 11) is -2.44. The molecule has 4 rings (SSSR count). The number of anilines is 1. The molecule has 0 fully saturated rings. The summed E-state index contributed by atoms with van der Waals surface area (Å²) >= 11 is 0. The van der Waals surface area contributed by atoms with Crippen LogP contribution in [-0.4, -0.2) is 86.4 Å². The van der Waals surface area contributed by atoms with Crippen LogP contribution in [0.3, 0.4) is 0 Å². The smallest absolute Gasteiger partial charge is 0.287 e. The van der Waals surface area contributed by atoms with Crippen molar-refractivity contribution in [1.82, 2.24) is 14.6 Å². The van der Waals surface area contributed by atoms with Crippen LogP contribution in [0.1, 0.15) is 17.9 Å². The number of carbonyl (C=O) groups excluding carboxylic acids is 1. The number of methoxy groups -OCH3 is 1. The Morgan fingerprint density at radius 2 is 1.87 bits per heavy atom. The predicted octanol–water partition coefficient (Wildman–Crippen LogP) is 2.64. The van der Waals surface area contributed by atoms with Gasteiger partial charge in [-0.05, 0) is 42.0 Å². The normalized spacial score (nSPS) is 16.4. The fourth-order valence-corrected chi connectivity index (χ4v) is 5.96. The highest BCUT2D eigenvalue weighted by Crippen LogP contribution is 2.31. The summed E-state index contributed by atoms with van der Waals surface area (Å²) in [6, 6.07) is 18.3. The number of carbonyl (C=O) groups is 1. The third-order valence-corrected chi connectivity index (χ3v) is 8.79. The molecule has 3 N–H and O–H groups in total. The average Bonchev–Trinajstić information content (AvgIpc) is 3.06. The summed E-state index contributed by atoms with van der Waals surface area (Å²) < 4.78 is 44.5. The lowest BCUT2D eigenvalue weighted by Crippen LogP contribution is -2.38. The Morgan fingerprint density at radius 3 is 2.51 bits per heavy atom. The second-order valence-corrected chi connectivity index (χ2v) is 11.8. The molecule has 1 aliphatic heterocycles. The number of allylic oxidation sites excluding steroid dienone is 1. The van der Waals surface area contributed by atoms with Gasteiger partial charge < -0.3 is 30.0 Å². The van der Waals surface area contributed by atoms with Crippen LogP contribution >= 0.6 is 0 Å². The minimum Gasteiger partial charge on any atom is -0.497 e. The van der Waals surface area contributed by atoms with Crippen LogP contribution in [0.4, 0.5) is 11.5 Å². The van der Waals surface area contributed by atoms with Crippen LogP contribution in [0, 0.1) is 10.1 Å². The molecule has 14 nitrogen and oxygen atoms in total. The van der Waals surface area contributed by atoms with Gasteiger partial charge in [-0.3, -0.25) is 14.9 Å². The van der Waals surface area contributed by atoms with Crippen molar-refractivity contribution in [3.05, 3.63) is 100 Å². The van der Waals surface area contributed by atoms with Gasteiger partial charge >= 0.3 is 0 Å². The minimum absolute atomic E-state index is 0.0514. The first-order valence-corrected chi connectivity index (χ1v) is 15.6. The number of sulfonamides is 1. The van der Waals surface area contributed by atoms with E-state index in [1.807, 2.05) is 30.3 Å². The summed E-state index contributed by atoms with van der Waals surface area (Å²) in [5.74, 6) is 0.326. The lowest BCUT2D eigenvalue weighted by Gasteiger charge is -2.30. The highest BCUT2D eigenvalue weighted by Gasteiger charge is 2.30. The molecule has 0 aliphatic carbocycles. The maximum absolute atomic E-state index is 13.2. The Hall–Kier alpha value is -4.57. The number of aromatic nitrogens is 1. The molecule has 15 heteroatoms. The summed E-state index contributed by atoms with van der Waals surface area (Å²) in [5, 5.41) is 26.1. The van der Waals surface area contributed by atoms with Gasteiger partial charge in [0.25, 0.3) is 11.6 Å². The zero-order valence-electron chi connectivity index (χ0n) is 24.6. The highest BCUT2D eigenvalue weighted by atomic mass is 32.2. The number of ether oxygens (including phenoxy) is 3. The molecule has 1 aromatic heterocycles. The number of hydrogen-bond donors (Lipinski definition) is 3. The molecule has 2 unspecified atom stereocenters. The number of rotatable bonds is 16. The Bertz CT molecular complexity index is 1550. The van der Waals surface area contributed by atoms with E-state index < -0.39 is 27.1 Å². The van der Waals surface area contributed by atoms with E-state index in [9.17, 15) is 28.4 Å². The van der Waals surface area contributed by atoms with Crippen molar-refractivity contribution < 1.29 is 37.5 Å². The number of aliphatic hydroxyl groups excluding tert-OH is 1. The monoisotopic (exact) mass is 641 g/mol. The van der Waals surface area contributed by atoms with Crippen LogP contribution in [-0.2, 0) is 24.3 Å². The van der Waals surface area contributed by atoms with Gasteiger partial charge in [0.05, 0.1) is 30.1 Å². The Balaban J connectivity index is 1.36. The van der Waals surface area contributed by atoms with E-state index in [-0.39, 0.29) is 55.1 Å². The lowest BCUT2D eigenvalue weighted by molar-refractivity contribution is -0.385. The SMILES string of the molecule is COc1ccc(S(=O)(=O)N(CCO)CCOC2CC(c3ccccc3)C=C(C(=O)NCCNc3ccc([N+](=O)[O-])cn3)O2)cc1. The number of nitro groups is 1. The van der Waals surface area contributed by atoms with E-state index in [0.29, 0.717) is 24.5 Å². The van der Waals surface area contributed by atoms with Crippen molar-refractivity contribution in [3.63, 3.8) is 0 Å². The maximum atomic E-state index is 13.2. The van der Waals surface area contributed by atoms with E-state index >= 15 is 0 Å². The third kappa shape index (κ3) is 9.21. The van der Waals surface area contributed by atoms with E-state index in [4.69, 9.17) is 14.2 Å². The van der Waals surface area contributed by atoms with Crippen molar-refractivity contribution in [2.24, 2.45) is 0 Å². The first kappa shape index (κ1) is 33.3. The first-order chi connectivity index (χ1) is 21.7. The third-order valence-electron chi connectivity index (χ3n) is 6.88. The largest absolute Gasteiger partial charge is 0.497 e. The van der Waals surface area contributed by atoms with Gasteiger partial charge in [0, 0.05) is 44.6 Å². The summed E-state index contributed by atoms with van der Waals surface area (Å²) in [4.78, 5) is 27.3. The molecule has 0 radical (unpaired) electrons. The second kappa shape index (κ2) is 15.9. The van der Waals surface area contributed by atoms with E-state index in [1.54, 1.807) is 18.2 Å². The minimum atomic E-state index is -3.93. The van der Waals surface area contributed by atoms with Crippen LogP contribution < -0.4 is 15.4 Å². The zero-order valence-corrected chi connectivity index (χ0v) is 25.4. The molecule has 0 spiro atoms. The van der Waals surface area contributed by atoms with Crippen LogP contribution in [0.25, 0.3) is 0 Å². The molecule has 0 saturated heterocycles. The second-order valence-electron chi connectivity index (χ2n) is 9.85. The number of hydrogen-bond acceptors (Lipinski definition) is 11. The Morgan fingerprint density at radius 1 is 1.11 bits per heavy atom. The van der Waals surface area contributed by atoms with Crippen LogP contribution in [0.15, 0.2) is 89.7 Å². The molecule has 2 atom stereocenters. The van der Waals surface area contributed by atoms with E-state index in [1.165, 1.54) is 31.4 Å². The van der Waals surface area contributed by atoms with Crippen molar-refractivity contribution in [1.29, 1.82) is 0 Å². The first-order valence-electron chi connectivity index (χ1n) is 14.1. The summed E-state index contributed by atoms with van der Waals surface area (Å²) in [6.45, 7) is -0.115. The molecule has 1 aliphatic rings. The number of nitrogens with zero attached hydrogens (tertiary/aromatic N) is 3. The quantitative estimate of drug-likeness (QED) is 0.119. The van der Waals surface area contributed by atoms with Gasteiger partial charge in [-0.15, -0.1) is 0 Å². The van der Waals surface area contributed by atoms with Gasteiger partial charge in [0.15, 0.2) is 5.76 Å². The number of aliphatic hydroxyl groups is 1. The molecule has 3 aromatic rings. The molecule has 240 valence electrons. The standard InChI is InChI=1S/C30H35N5O9S/c1-42-25-8-10-26(11-9-25)45(40,41)34(15-17-36)16-18-43-29-20-23(22-5-3-2-4-6-22)19-27(44-29)30(37)32-14-13-31-28-12-7-24(21-33-28)35(38)39/h2-12,19,21,23,29,36H,13-18,20H2,1H3,(H,31,33)(H,32,37). The van der Waals surface area contributed by atoms with Crippen molar-refractivity contribution in [2.75, 3.05) is 51.8 Å². The number of pyridine rings is 1. The Labute approximate surface area is 260 Å². The number of nitrogens with one attached hydrogen (secondary N) is 2. The average molecular weight is 642 g/mol. The molecule has 2 aromatic carbocycles. The number of amides is 1. The van der Waals surface area contributed by atoms with Gasteiger partial charge in [0.2, 0.25) is 16.3 Å². The van der Waals surface area contributed by atoms with Crippen molar-refractivity contribution >= 4 is 27.4 Å². The predicted molar refractivity (Wildman–Crippen MR) is 164 cm³/mol. The maximum Gasteiger partial charge on any atom is 0.287 e. The Kier molecular flexibility index (Phi) is 11.8. The lowest BCUT2D eigenvalue weighted by atomic mass is 9.93. The fourth-order valence-electron chi connectivity index (χ4n) is 4.55. The van der Waals surface area contributed by atoms with Crippen LogP contribution in [0.5, 0.6) is 5.75 Å². The molecule has 45 heavy (non-hydrogen) atoms. The summed E-state index contributed by atoms with van der Waals surface area (Å²) in [5.41, 5.74) is 0.828. The summed E-state index contributed by atoms with van der Waals surface area (Å²) in [6.07, 6.45) is 2.41. The molecule has 1 amide bonds. The highest BCUT2D eigenvalue weighted by molar-refractivity contribution is 7.89. The molecule has 0 bridgehead atoms. The molecule has 2 heterocycles. The zero-order chi connectivity index (χ0) is 32.2. The molecular weight excluding hydrogens is 606 g/mol. The van der Waals surface area contributed by atoms with Crippen LogP contribution in [0.2, 0.25) is 0 Å². The molecule has 0 saturated carbocycles.